The summed E-state index contributed by atoms with van der Waals surface area (Å²) in [5, 5.41) is 0.951. The Morgan fingerprint density at radius 1 is 1.10 bits per heavy atom. The second kappa shape index (κ2) is 6.39. The first-order valence-corrected chi connectivity index (χ1v) is 8.39. The fourth-order valence-electron chi connectivity index (χ4n) is 2.78. The van der Waals surface area contributed by atoms with Gasteiger partial charge in [0.1, 0.15) is 5.69 Å². The van der Waals surface area contributed by atoms with Crippen LogP contribution in [0.25, 0.3) is 10.4 Å². The Bertz CT molecular complexity index is 613. The maximum atomic E-state index is 12.8. The molecule has 1 aliphatic heterocycles. The number of carbonyl (C=O) groups is 1. The van der Waals surface area contributed by atoms with Crippen LogP contribution in [0, 0.1) is 6.92 Å². The standard InChI is InChI=1S/C17H20N2OS/c1-13-18-15(16(21-13)14-9-5-4-6-10-14)17(20)19-11-7-2-3-8-12-19/h4-6,9-10H,2-3,7-8,11-12H2,1H3. The Morgan fingerprint density at radius 2 is 1.76 bits per heavy atom. The van der Waals surface area contributed by atoms with Gasteiger partial charge in [-0.1, -0.05) is 43.2 Å². The average molecular weight is 300 g/mol. The molecule has 2 aromatic rings. The van der Waals surface area contributed by atoms with Crippen molar-refractivity contribution in [3.63, 3.8) is 0 Å². The molecule has 21 heavy (non-hydrogen) atoms. The Kier molecular flexibility index (Phi) is 4.34. The minimum Gasteiger partial charge on any atom is -0.337 e. The quantitative estimate of drug-likeness (QED) is 0.835. The third-order valence-corrected chi connectivity index (χ3v) is 4.89. The number of hydrogen-bond acceptors (Lipinski definition) is 3. The number of carbonyl (C=O) groups excluding carboxylic acids is 1. The van der Waals surface area contributed by atoms with E-state index < -0.39 is 0 Å². The zero-order chi connectivity index (χ0) is 14.7. The molecule has 110 valence electrons. The van der Waals surface area contributed by atoms with Crippen LogP contribution in [-0.4, -0.2) is 28.9 Å². The van der Waals surface area contributed by atoms with E-state index in [1.807, 2.05) is 42.2 Å². The van der Waals surface area contributed by atoms with Crippen LogP contribution in [-0.2, 0) is 0 Å². The van der Waals surface area contributed by atoms with Crippen molar-refractivity contribution in [3.8, 4) is 10.4 Å². The molecular formula is C17H20N2OS. The second-order valence-corrected chi connectivity index (χ2v) is 6.69. The summed E-state index contributed by atoms with van der Waals surface area (Å²) in [6, 6.07) is 10.1. The summed E-state index contributed by atoms with van der Waals surface area (Å²) in [5.41, 5.74) is 1.71. The Hall–Kier alpha value is -1.68. The molecule has 3 nitrogen and oxygen atoms in total. The van der Waals surface area contributed by atoms with E-state index in [4.69, 9.17) is 0 Å². The average Bonchev–Trinajstić information content (AvgIpc) is 2.73. The van der Waals surface area contributed by atoms with Crippen molar-refractivity contribution < 1.29 is 4.79 Å². The molecule has 1 aliphatic rings. The largest absolute Gasteiger partial charge is 0.337 e. The molecule has 2 heterocycles. The topological polar surface area (TPSA) is 33.2 Å². The number of rotatable bonds is 2. The summed E-state index contributed by atoms with van der Waals surface area (Å²) in [6.45, 7) is 3.70. The van der Waals surface area contributed by atoms with Crippen molar-refractivity contribution in [2.24, 2.45) is 0 Å². The minimum absolute atomic E-state index is 0.0973. The van der Waals surface area contributed by atoms with Crippen molar-refractivity contribution in [1.82, 2.24) is 9.88 Å². The van der Waals surface area contributed by atoms with Gasteiger partial charge in [0, 0.05) is 13.1 Å². The number of aryl methyl sites for hydroxylation is 1. The highest BCUT2D eigenvalue weighted by atomic mass is 32.1. The third kappa shape index (κ3) is 3.16. The number of hydrogen-bond donors (Lipinski definition) is 0. The highest BCUT2D eigenvalue weighted by molar-refractivity contribution is 7.15. The molecule has 3 rings (SSSR count). The lowest BCUT2D eigenvalue weighted by molar-refractivity contribution is 0.0757. The van der Waals surface area contributed by atoms with Gasteiger partial charge in [0.2, 0.25) is 0 Å². The number of nitrogens with zero attached hydrogens (tertiary/aromatic N) is 2. The summed E-state index contributed by atoms with van der Waals surface area (Å²) in [7, 11) is 0. The van der Waals surface area contributed by atoms with Gasteiger partial charge in [-0.3, -0.25) is 4.79 Å². The van der Waals surface area contributed by atoms with Gasteiger partial charge in [-0.2, -0.15) is 0 Å². The van der Waals surface area contributed by atoms with Gasteiger partial charge in [0.05, 0.1) is 9.88 Å². The first-order chi connectivity index (χ1) is 10.3. The number of thiazole rings is 1. The van der Waals surface area contributed by atoms with Crippen molar-refractivity contribution in [1.29, 1.82) is 0 Å². The summed E-state index contributed by atoms with van der Waals surface area (Å²) in [5.74, 6) is 0.0973. The van der Waals surface area contributed by atoms with Crippen LogP contribution in [0.5, 0.6) is 0 Å². The molecule has 0 saturated carbocycles. The Balaban J connectivity index is 1.93. The predicted octanol–water partition coefficient (Wildman–Crippen LogP) is 4.13. The van der Waals surface area contributed by atoms with Crippen LogP contribution in [0.3, 0.4) is 0 Å². The lowest BCUT2D eigenvalue weighted by Gasteiger charge is -2.19. The molecule has 0 bridgehead atoms. The number of benzene rings is 1. The normalized spacial score (nSPS) is 15.8. The summed E-state index contributed by atoms with van der Waals surface area (Å²) < 4.78 is 0. The molecule has 1 amide bonds. The fourth-order valence-corrected chi connectivity index (χ4v) is 3.70. The van der Waals surface area contributed by atoms with Gasteiger partial charge in [-0.15, -0.1) is 11.3 Å². The van der Waals surface area contributed by atoms with Crippen LogP contribution >= 0.6 is 11.3 Å². The molecule has 1 aromatic heterocycles. The summed E-state index contributed by atoms with van der Waals surface area (Å²) >= 11 is 1.61. The molecule has 0 spiro atoms. The van der Waals surface area contributed by atoms with Gasteiger partial charge in [0.25, 0.3) is 5.91 Å². The van der Waals surface area contributed by atoms with E-state index in [9.17, 15) is 4.79 Å². The molecule has 4 heteroatoms. The Labute approximate surface area is 129 Å². The molecule has 0 unspecified atom stereocenters. The first kappa shape index (κ1) is 14.3. The van der Waals surface area contributed by atoms with E-state index in [0.717, 1.165) is 41.4 Å². The summed E-state index contributed by atoms with van der Waals surface area (Å²) in [6.07, 6.45) is 4.67. The third-order valence-electron chi connectivity index (χ3n) is 3.87. The van der Waals surface area contributed by atoms with Crippen LogP contribution < -0.4 is 0 Å². The van der Waals surface area contributed by atoms with Gasteiger partial charge in [-0.25, -0.2) is 4.98 Å². The predicted molar refractivity (Wildman–Crippen MR) is 86.7 cm³/mol. The van der Waals surface area contributed by atoms with Gasteiger partial charge in [0.15, 0.2) is 0 Å². The molecule has 0 aliphatic carbocycles. The number of aromatic nitrogens is 1. The van der Waals surface area contributed by atoms with Crippen molar-refractivity contribution >= 4 is 17.2 Å². The van der Waals surface area contributed by atoms with E-state index in [1.165, 1.54) is 12.8 Å². The maximum Gasteiger partial charge on any atom is 0.273 e. The minimum atomic E-state index is 0.0973. The summed E-state index contributed by atoms with van der Waals surface area (Å²) in [4.78, 5) is 20.3. The Morgan fingerprint density at radius 3 is 2.43 bits per heavy atom. The van der Waals surface area contributed by atoms with Crippen LogP contribution in [0.15, 0.2) is 30.3 Å². The number of amides is 1. The van der Waals surface area contributed by atoms with E-state index >= 15 is 0 Å². The van der Waals surface area contributed by atoms with E-state index in [1.54, 1.807) is 11.3 Å². The SMILES string of the molecule is Cc1nc(C(=O)N2CCCCCC2)c(-c2ccccc2)s1. The van der Waals surface area contributed by atoms with Crippen LogP contribution in [0.1, 0.15) is 41.2 Å². The van der Waals surface area contributed by atoms with E-state index in [-0.39, 0.29) is 5.91 Å². The molecular weight excluding hydrogens is 280 g/mol. The molecule has 1 saturated heterocycles. The van der Waals surface area contributed by atoms with E-state index in [2.05, 4.69) is 4.98 Å². The second-order valence-electron chi connectivity index (χ2n) is 5.48. The highest BCUT2D eigenvalue weighted by Gasteiger charge is 2.24. The zero-order valence-electron chi connectivity index (χ0n) is 12.3. The smallest absolute Gasteiger partial charge is 0.273 e. The van der Waals surface area contributed by atoms with Gasteiger partial charge in [-0.05, 0) is 25.3 Å². The number of likely N-dealkylation sites (tertiary alicyclic amines) is 1. The lowest BCUT2D eigenvalue weighted by Crippen LogP contribution is -2.32. The van der Waals surface area contributed by atoms with Crippen molar-refractivity contribution in [2.75, 3.05) is 13.1 Å². The monoisotopic (exact) mass is 300 g/mol. The lowest BCUT2D eigenvalue weighted by atomic mass is 10.1. The fraction of sp³-hybridized carbons (Fsp3) is 0.412. The molecule has 1 aromatic carbocycles. The van der Waals surface area contributed by atoms with Crippen molar-refractivity contribution in [3.05, 3.63) is 41.0 Å². The van der Waals surface area contributed by atoms with Crippen molar-refractivity contribution in [2.45, 2.75) is 32.6 Å². The first-order valence-electron chi connectivity index (χ1n) is 7.58. The molecule has 0 N–H and O–H groups in total. The van der Waals surface area contributed by atoms with Crippen LogP contribution in [0.2, 0.25) is 0 Å². The van der Waals surface area contributed by atoms with E-state index in [0.29, 0.717) is 5.69 Å². The molecule has 0 radical (unpaired) electrons. The zero-order valence-corrected chi connectivity index (χ0v) is 13.2. The molecule has 0 atom stereocenters. The maximum absolute atomic E-state index is 12.8. The van der Waals surface area contributed by atoms with Crippen LogP contribution in [0.4, 0.5) is 0 Å². The van der Waals surface area contributed by atoms with Gasteiger partial charge >= 0.3 is 0 Å². The highest BCUT2D eigenvalue weighted by Crippen LogP contribution is 2.31. The van der Waals surface area contributed by atoms with Gasteiger partial charge < -0.3 is 4.90 Å². The molecule has 1 fully saturated rings.